The van der Waals surface area contributed by atoms with Crippen molar-refractivity contribution in [2.45, 2.75) is 10.9 Å². The molecule has 0 spiro atoms. The first-order valence-electron chi connectivity index (χ1n) is 9.58. The summed E-state index contributed by atoms with van der Waals surface area (Å²) < 4.78 is 8.01. The molecule has 0 aliphatic rings. The predicted molar refractivity (Wildman–Crippen MR) is 118 cm³/mol. The lowest BCUT2D eigenvalue weighted by Crippen LogP contribution is -1.99. The van der Waals surface area contributed by atoms with E-state index in [0.717, 1.165) is 33.6 Å². The molecule has 5 aromatic rings. The van der Waals surface area contributed by atoms with Gasteiger partial charge in [-0.25, -0.2) is 4.98 Å². The molecule has 30 heavy (non-hydrogen) atoms. The van der Waals surface area contributed by atoms with Crippen molar-refractivity contribution in [3.05, 3.63) is 103 Å². The fourth-order valence-electron chi connectivity index (χ4n) is 3.19. The predicted octanol–water partition coefficient (Wildman–Crippen LogP) is 5.88. The van der Waals surface area contributed by atoms with Gasteiger partial charge in [0.1, 0.15) is 0 Å². The average molecular weight is 411 g/mol. The topological polar surface area (TPSA) is 56.7 Å². The molecule has 5 nitrogen and oxygen atoms in total. The SMILES string of the molecule is c1ccc(-c2cnc(CSc3nnc(-c4ccccc4)n3-c3ccccc3)o2)cc1. The lowest BCUT2D eigenvalue weighted by Gasteiger charge is -2.09. The van der Waals surface area contributed by atoms with E-state index in [1.165, 1.54) is 0 Å². The van der Waals surface area contributed by atoms with Gasteiger partial charge in [-0.2, -0.15) is 0 Å². The molecule has 0 fully saturated rings. The van der Waals surface area contributed by atoms with E-state index in [1.807, 2.05) is 78.9 Å². The first kappa shape index (κ1) is 18.4. The second-order valence-corrected chi connectivity index (χ2v) is 7.56. The van der Waals surface area contributed by atoms with E-state index < -0.39 is 0 Å². The maximum atomic E-state index is 5.94. The Morgan fingerprint density at radius 3 is 2.07 bits per heavy atom. The first-order valence-corrected chi connectivity index (χ1v) is 10.6. The van der Waals surface area contributed by atoms with Gasteiger partial charge in [-0.3, -0.25) is 4.57 Å². The molecule has 0 saturated carbocycles. The van der Waals surface area contributed by atoms with Crippen LogP contribution in [-0.4, -0.2) is 19.7 Å². The summed E-state index contributed by atoms with van der Waals surface area (Å²) in [5.74, 6) is 2.79. The molecule has 0 bridgehead atoms. The number of hydrogen-bond donors (Lipinski definition) is 0. The number of hydrogen-bond acceptors (Lipinski definition) is 5. The molecule has 5 rings (SSSR count). The minimum atomic E-state index is 0.562. The highest BCUT2D eigenvalue weighted by Crippen LogP contribution is 2.30. The lowest BCUT2D eigenvalue weighted by molar-refractivity contribution is 0.529. The Hall–Kier alpha value is -3.64. The van der Waals surface area contributed by atoms with Gasteiger partial charge >= 0.3 is 0 Å². The molecule has 0 aliphatic carbocycles. The van der Waals surface area contributed by atoms with E-state index >= 15 is 0 Å². The van der Waals surface area contributed by atoms with Gasteiger partial charge in [0.2, 0.25) is 5.89 Å². The van der Waals surface area contributed by atoms with Crippen LogP contribution in [0.4, 0.5) is 0 Å². The minimum absolute atomic E-state index is 0.562. The Balaban J connectivity index is 1.44. The van der Waals surface area contributed by atoms with E-state index in [9.17, 15) is 0 Å². The zero-order valence-electron chi connectivity index (χ0n) is 16.1. The number of nitrogens with zero attached hydrogens (tertiary/aromatic N) is 4. The highest BCUT2D eigenvalue weighted by Gasteiger charge is 2.17. The van der Waals surface area contributed by atoms with Crippen molar-refractivity contribution in [1.82, 2.24) is 19.7 Å². The zero-order valence-corrected chi connectivity index (χ0v) is 16.9. The van der Waals surface area contributed by atoms with Crippen molar-refractivity contribution in [3.8, 4) is 28.4 Å². The summed E-state index contributed by atoms with van der Waals surface area (Å²) in [6.45, 7) is 0. The Bertz CT molecular complexity index is 1230. The first-order chi connectivity index (χ1) is 14.9. The van der Waals surface area contributed by atoms with Crippen LogP contribution in [0.25, 0.3) is 28.4 Å². The summed E-state index contributed by atoms with van der Waals surface area (Å²) in [6.07, 6.45) is 1.77. The van der Waals surface area contributed by atoms with Gasteiger partial charge in [-0.15, -0.1) is 10.2 Å². The number of oxazole rings is 1. The van der Waals surface area contributed by atoms with E-state index in [4.69, 9.17) is 4.42 Å². The molecule has 6 heteroatoms. The minimum Gasteiger partial charge on any atom is -0.440 e. The Labute approximate surface area is 178 Å². The molecule has 3 aromatic carbocycles. The summed E-state index contributed by atoms with van der Waals surface area (Å²) in [5.41, 5.74) is 3.05. The van der Waals surface area contributed by atoms with Gasteiger partial charge in [0, 0.05) is 16.8 Å². The number of para-hydroxylation sites is 1. The van der Waals surface area contributed by atoms with Gasteiger partial charge < -0.3 is 4.42 Å². The van der Waals surface area contributed by atoms with E-state index in [-0.39, 0.29) is 0 Å². The normalized spacial score (nSPS) is 10.9. The smallest absolute Gasteiger partial charge is 0.205 e. The van der Waals surface area contributed by atoms with Crippen LogP contribution in [0.5, 0.6) is 0 Å². The van der Waals surface area contributed by atoms with Crippen LogP contribution in [0.2, 0.25) is 0 Å². The van der Waals surface area contributed by atoms with Gasteiger partial charge in [0.15, 0.2) is 16.7 Å². The van der Waals surface area contributed by atoms with Crippen LogP contribution in [-0.2, 0) is 5.75 Å². The van der Waals surface area contributed by atoms with Gasteiger partial charge in [-0.05, 0) is 12.1 Å². The van der Waals surface area contributed by atoms with Crippen molar-refractivity contribution in [1.29, 1.82) is 0 Å². The van der Waals surface area contributed by atoms with Crippen molar-refractivity contribution >= 4 is 11.8 Å². The third-order valence-electron chi connectivity index (χ3n) is 4.62. The lowest BCUT2D eigenvalue weighted by atomic mass is 10.2. The van der Waals surface area contributed by atoms with E-state index in [2.05, 4.69) is 31.9 Å². The van der Waals surface area contributed by atoms with Crippen LogP contribution in [0.1, 0.15) is 5.89 Å². The van der Waals surface area contributed by atoms with E-state index in [0.29, 0.717) is 11.6 Å². The van der Waals surface area contributed by atoms with E-state index in [1.54, 1.807) is 18.0 Å². The largest absolute Gasteiger partial charge is 0.440 e. The maximum absolute atomic E-state index is 5.94. The molecule has 0 saturated heterocycles. The number of aromatic nitrogens is 4. The van der Waals surface area contributed by atoms with Crippen LogP contribution >= 0.6 is 11.8 Å². The molecule has 0 amide bonds. The Kier molecular flexibility index (Phi) is 5.14. The molecule has 0 radical (unpaired) electrons. The second-order valence-electron chi connectivity index (χ2n) is 6.62. The molecule has 0 aliphatic heterocycles. The highest BCUT2D eigenvalue weighted by molar-refractivity contribution is 7.98. The molecule has 146 valence electrons. The fraction of sp³-hybridized carbons (Fsp3) is 0.0417. The summed E-state index contributed by atoms with van der Waals surface area (Å²) >= 11 is 1.55. The standard InChI is InChI=1S/C24H18N4OS/c1-4-10-18(11-5-1)21-16-25-22(29-21)17-30-24-27-26-23(19-12-6-2-7-13-19)28(24)20-14-8-3-9-15-20/h1-16H,17H2. The summed E-state index contributed by atoms with van der Waals surface area (Å²) in [7, 11) is 0. The molecule has 0 N–H and O–H groups in total. The Morgan fingerprint density at radius 1 is 0.733 bits per heavy atom. The number of benzene rings is 3. The molecular formula is C24H18N4OS. The van der Waals surface area contributed by atoms with Gasteiger partial charge in [0.05, 0.1) is 11.9 Å². The molecule has 2 heterocycles. The monoisotopic (exact) mass is 410 g/mol. The molecular weight excluding hydrogens is 392 g/mol. The van der Waals surface area contributed by atoms with Crippen molar-refractivity contribution in [2.75, 3.05) is 0 Å². The number of thioether (sulfide) groups is 1. The van der Waals surface area contributed by atoms with Crippen molar-refractivity contribution in [3.63, 3.8) is 0 Å². The maximum Gasteiger partial charge on any atom is 0.205 e. The van der Waals surface area contributed by atoms with Crippen LogP contribution in [0.15, 0.2) is 107 Å². The quantitative estimate of drug-likeness (QED) is 0.327. The second kappa shape index (κ2) is 8.39. The molecule has 0 unspecified atom stereocenters. The molecule has 0 atom stereocenters. The average Bonchev–Trinajstić information content (AvgIpc) is 3.47. The third-order valence-corrected chi connectivity index (χ3v) is 5.53. The van der Waals surface area contributed by atoms with Crippen molar-refractivity contribution < 1.29 is 4.42 Å². The van der Waals surface area contributed by atoms with Crippen LogP contribution < -0.4 is 0 Å². The van der Waals surface area contributed by atoms with Gasteiger partial charge in [0.25, 0.3) is 0 Å². The number of rotatable bonds is 6. The van der Waals surface area contributed by atoms with Crippen LogP contribution in [0.3, 0.4) is 0 Å². The Morgan fingerprint density at radius 2 is 1.37 bits per heavy atom. The molecule has 2 aromatic heterocycles. The summed E-state index contributed by atoms with van der Waals surface area (Å²) in [4.78, 5) is 4.43. The van der Waals surface area contributed by atoms with Gasteiger partial charge in [-0.1, -0.05) is 90.6 Å². The van der Waals surface area contributed by atoms with Crippen molar-refractivity contribution in [2.24, 2.45) is 0 Å². The van der Waals surface area contributed by atoms with Crippen LogP contribution in [0, 0.1) is 0 Å². The highest BCUT2D eigenvalue weighted by atomic mass is 32.2. The summed E-state index contributed by atoms with van der Waals surface area (Å²) in [5, 5.41) is 9.72. The third kappa shape index (κ3) is 3.77. The fourth-order valence-corrected chi connectivity index (χ4v) is 3.99. The zero-order chi connectivity index (χ0) is 20.2. The summed E-state index contributed by atoms with van der Waals surface area (Å²) in [6, 6.07) is 30.2.